The quantitative estimate of drug-likeness (QED) is 0.620. The smallest absolute Gasteiger partial charge is 0.183 e. The van der Waals surface area contributed by atoms with E-state index in [1.54, 1.807) is 0 Å². The van der Waals surface area contributed by atoms with Crippen LogP contribution in [0.1, 0.15) is 26.2 Å². The maximum absolute atomic E-state index is 13.1. The highest BCUT2D eigenvalue weighted by atomic mass is 32.2. The lowest BCUT2D eigenvalue weighted by Crippen LogP contribution is -2.43. The highest BCUT2D eigenvalue weighted by molar-refractivity contribution is 7.96. The average Bonchev–Trinajstić information content (AvgIpc) is 2.93. The topological polar surface area (TPSA) is 98.8 Å². The second kappa shape index (κ2) is 8.58. The largest absolute Gasteiger partial charge is 0.493 e. The molecule has 0 saturated carbocycles. The molecule has 0 bridgehead atoms. The van der Waals surface area contributed by atoms with Crippen LogP contribution >= 0.6 is 0 Å². The van der Waals surface area contributed by atoms with E-state index in [-0.39, 0.29) is 16.4 Å². The fourth-order valence-corrected chi connectivity index (χ4v) is 7.87. The number of benzene rings is 1. The summed E-state index contributed by atoms with van der Waals surface area (Å²) in [4.78, 5) is 0.0395. The van der Waals surface area contributed by atoms with Crippen LogP contribution in [0.3, 0.4) is 0 Å². The predicted molar refractivity (Wildman–Crippen MR) is 100 cm³/mol. The third-order valence-corrected chi connectivity index (χ3v) is 8.72. The van der Waals surface area contributed by atoms with Gasteiger partial charge in [0.05, 0.1) is 35.9 Å². The van der Waals surface area contributed by atoms with E-state index in [0.29, 0.717) is 18.0 Å². The Morgan fingerprint density at radius 3 is 2.42 bits per heavy atom. The van der Waals surface area contributed by atoms with E-state index >= 15 is 0 Å². The van der Waals surface area contributed by atoms with Crippen LogP contribution in [0.4, 0.5) is 0 Å². The molecule has 1 aromatic rings. The summed E-state index contributed by atoms with van der Waals surface area (Å²) >= 11 is 0. The zero-order valence-electron chi connectivity index (χ0n) is 15.4. The summed E-state index contributed by atoms with van der Waals surface area (Å²) in [5.41, 5.74) is 0. The lowest BCUT2D eigenvalue weighted by Gasteiger charge is -2.20. The SMILES string of the molecule is CCCCCN[C@H]1CS(=O)(=O)C[C@@H]1S(=O)(=O)c1ccc(OC)c(OC)c1. The molecule has 1 fully saturated rings. The average molecular weight is 406 g/mol. The Kier molecular flexibility index (Phi) is 6.92. The molecule has 9 heteroatoms. The zero-order chi connectivity index (χ0) is 19.4. The summed E-state index contributed by atoms with van der Waals surface area (Å²) in [6.45, 7) is 2.68. The van der Waals surface area contributed by atoms with Crippen molar-refractivity contribution in [2.75, 3.05) is 32.3 Å². The molecule has 1 aromatic carbocycles. The van der Waals surface area contributed by atoms with Gasteiger partial charge in [0.15, 0.2) is 31.2 Å². The van der Waals surface area contributed by atoms with E-state index < -0.39 is 31.0 Å². The van der Waals surface area contributed by atoms with E-state index in [2.05, 4.69) is 12.2 Å². The molecule has 1 saturated heterocycles. The lowest BCUT2D eigenvalue weighted by atomic mass is 10.2. The van der Waals surface area contributed by atoms with Crippen LogP contribution in [0, 0.1) is 0 Å². The maximum atomic E-state index is 13.1. The Morgan fingerprint density at radius 2 is 1.81 bits per heavy atom. The van der Waals surface area contributed by atoms with Gasteiger partial charge in [0.1, 0.15) is 0 Å². The van der Waals surface area contributed by atoms with Gasteiger partial charge in [0.2, 0.25) is 0 Å². The first-order valence-corrected chi connectivity index (χ1v) is 12.0. The standard InChI is InChI=1S/C17H27NO6S2/c1-4-5-6-9-18-14-11-25(19,20)12-17(14)26(21,22)13-7-8-15(23-2)16(10-13)24-3/h7-8,10,14,17-18H,4-6,9,11-12H2,1-3H3/t14-,17-/m0/s1. The summed E-state index contributed by atoms with van der Waals surface area (Å²) in [5, 5.41) is 2.13. The molecule has 1 aliphatic rings. The van der Waals surface area contributed by atoms with Gasteiger partial charge in [0.25, 0.3) is 0 Å². The number of hydrogen-bond donors (Lipinski definition) is 1. The Balaban J connectivity index is 2.29. The van der Waals surface area contributed by atoms with Crippen molar-refractivity contribution in [3.63, 3.8) is 0 Å². The van der Waals surface area contributed by atoms with Crippen molar-refractivity contribution in [2.24, 2.45) is 0 Å². The van der Waals surface area contributed by atoms with E-state index in [1.165, 1.54) is 32.4 Å². The molecule has 0 aliphatic carbocycles. The molecule has 7 nitrogen and oxygen atoms in total. The van der Waals surface area contributed by atoms with Crippen molar-refractivity contribution in [1.29, 1.82) is 0 Å². The number of methoxy groups -OCH3 is 2. The second-order valence-electron chi connectivity index (χ2n) is 6.44. The minimum absolute atomic E-state index is 0.0395. The highest BCUT2D eigenvalue weighted by Crippen LogP contribution is 2.33. The van der Waals surface area contributed by atoms with E-state index in [0.717, 1.165) is 19.3 Å². The molecule has 0 radical (unpaired) electrons. The van der Waals surface area contributed by atoms with Gasteiger partial charge in [-0.3, -0.25) is 0 Å². The maximum Gasteiger partial charge on any atom is 0.183 e. The zero-order valence-corrected chi connectivity index (χ0v) is 17.0. The first kappa shape index (κ1) is 21.0. The molecule has 148 valence electrons. The predicted octanol–water partition coefficient (Wildman–Crippen LogP) is 1.42. The van der Waals surface area contributed by atoms with Crippen molar-refractivity contribution in [3.05, 3.63) is 18.2 Å². The summed E-state index contributed by atoms with van der Waals surface area (Å²) in [5.74, 6) is 0.187. The van der Waals surface area contributed by atoms with Gasteiger partial charge in [0, 0.05) is 12.1 Å². The van der Waals surface area contributed by atoms with Crippen LogP contribution in [-0.2, 0) is 19.7 Å². The number of nitrogens with one attached hydrogen (secondary N) is 1. The molecule has 0 unspecified atom stereocenters. The number of hydrogen-bond acceptors (Lipinski definition) is 7. The fraction of sp³-hybridized carbons (Fsp3) is 0.647. The van der Waals surface area contributed by atoms with Gasteiger partial charge in [-0.15, -0.1) is 0 Å². The Hall–Kier alpha value is -1.32. The normalized spacial score (nSPS) is 22.3. The minimum atomic E-state index is -3.84. The number of unbranched alkanes of at least 4 members (excludes halogenated alkanes) is 2. The number of ether oxygens (including phenoxy) is 2. The van der Waals surface area contributed by atoms with Crippen molar-refractivity contribution in [3.8, 4) is 11.5 Å². The number of sulfone groups is 2. The number of rotatable bonds is 9. The van der Waals surface area contributed by atoms with Crippen LogP contribution in [0.15, 0.2) is 23.1 Å². The molecule has 1 aliphatic heterocycles. The third-order valence-electron chi connectivity index (χ3n) is 4.57. The van der Waals surface area contributed by atoms with Gasteiger partial charge in [-0.25, -0.2) is 16.8 Å². The monoisotopic (exact) mass is 405 g/mol. The van der Waals surface area contributed by atoms with Gasteiger partial charge in [-0.05, 0) is 25.1 Å². The lowest BCUT2D eigenvalue weighted by molar-refractivity contribution is 0.354. The first-order valence-electron chi connectivity index (χ1n) is 8.65. The molecule has 0 spiro atoms. The molecule has 0 amide bonds. The van der Waals surface area contributed by atoms with Crippen molar-refractivity contribution in [1.82, 2.24) is 5.32 Å². The van der Waals surface area contributed by atoms with Gasteiger partial charge < -0.3 is 14.8 Å². The van der Waals surface area contributed by atoms with Crippen molar-refractivity contribution in [2.45, 2.75) is 42.4 Å². The molecular formula is C17H27NO6S2. The van der Waals surface area contributed by atoms with Gasteiger partial charge in [-0.1, -0.05) is 19.8 Å². The Morgan fingerprint density at radius 1 is 1.12 bits per heavy atom. The summed E-state index contributed by atoms with van der Waals surface area (Å²) < 4.78 is 60.7. The molecule has 1 heterocycles. The van der Waals surface area contributed by atoms with Crippen molar-refractivity contribution < 1.29 is 26.3 Å². The van der Waals surface area contributed by atoms with Crippen LogP contribution in [0.2, 0.25) is 0 Å². The second-order valence-corrected chi connectivity index (χ2v) is 10.8. The molecule has 2 atom stereocenters. The van der Waals surface area contributed by atoms with Crippen molar-refractivity contribution >= 4 is 19.7 Å². The van der Waals surface area contributed by atoms with E-state index in [4.69, 9.17) is 9.47 Å². The molecule has 2 rings (SSSR count). The van der Waals surface area contributed by atoms with Crippen LogP contribution in [0.5, 0.6) is 11.5 Å². The Bertz CT molecular complexity index is 820. The summed E-state index contributed by atoms with van der Waals surface area (Å²) in [6, 6.07) is 3.72. The molecular weight excluding hydrogens is 378 g/mol. The van der Waals surface area contributed by atoms with E-state index in [9.17, 15) is 16.8 Å². The van der Waals surface area contributed by atoms with Crippen LogP contribution < -0.4 is 14.8 Å². The van der Waals surface area contributed by atoms with E-state index in [1.807, 2.05) is 0 Å². The highest BCUT2D eigenvalue weighted by Gasteiger charge is 2.45. The first-order chi connectivity index (χ1) is 12.2. The fourth-order valence-electron chi connectivity index (χ4n) is 3.14. The Labute approximate surface area is 155 Å². The minimum Gasteiger partial charge on any atom is -0.493 e. The molecule has 26 heavy (non-hydrogen) atoms. The summed E-state index contributed by atoms with van der Waals surface area (Å²) in [7, 11) is -4.35. The molecule has 0 aromatic heterocycles. The molecule has 1 N–H and O–H groups in total. The van der Waals surface area contributed by atoms with Crippen LogP contribution in [-0.4, -0.2) is 60.4 Å². The van der Waals surface area contributed by atoms with Gasteiger partial charge in [-0.2, -0.15) is 0 Å². The summed E-state index contributed by atoms with van der Waals surface area (Å²) in [6.07, 6.45) is 2.94. The van der Waals surface area contributed by atoms with Crippen LogP contribution in [0.25, 0.3) is 0 Å². The van der Waals surface area contributed by atoms with Gasteiger partial charge >= 0.3 is 0 Å². The third kappa shape index (κ3) is 4.69.